The number of anilines is 3. The van der Waals surface area contributed by atoms with Crippen LogP contribution in [0.15, 0.2) is 205 Å². The maximum Gasteiger partial charge on any atom is 0.137 e. The van der Waals surface area contributed by atoms with Crippen LogP contribution >= 0.6 is 0 Å². The van der Waals surface area contributed by atoms with Crippen molar-refractivity contribution in [1.29, 1.82) is 0 Å². The highest BCUT2D eigenvalue weighted by Gasteiger charge is 2.16. The zero-order valence-corrected chi connectivity index (χ0v) is 28.4. The van der Waals surface area contributed by atoms with E-state index in [2.05, 4.69) is 193 Å². The molecule has 0 atom stereocenters. The Hall–Kier alpha value is -6.90. The van der Waals surface area contributed by atoms with Crippen molar-refractivity contribution in [2.75, 3.05) is 4.90 Å². The zero-order chi connectivity index (χ0) is 34.4. The SMILES string of the molecule is c1ccc(-c2ccc3ccc(-c4ccc(N(c5ccc(-c6cccc7ccccc67)cc5)c5ccc6c(c5)oc5ccccc56)cc4)cc3c2)cc1. The van der Waals surface area contributed by atoms with E-state index in [-0.39, 0.29) is 0 Å². The Kier molecular flexibility index (Phi) is 7.18. The van der Waals surface area contributed by atoms with Gasteiger partial charge in [0.1, 0.15) is 11.2 Å². The maximum atomic E-state index is 6.35. The zero-order valence-electron chi connectivity index (χ0n) is 28.4. The van der Waals surface area contributed by atoms with Gasteiger partial charge in [0.05, 0.1) is 0 Å². The van der Waals surface area contributed by atoms with Crippen LogP contribution in [0.4, 0.5) is 17.1 Å². The molecular formula is C50H33NO. The third-order valence-electron chi connectivity index (χ3n) is 10.3. The molecule has 10 rings (SSSR count). The largest absolute Gasteiger partial charge is 0.456 e. The van der Waals surface area contributed by atoms with Crippen molar-refractivity contribution in [3.05, 3.63) is 200 Å². The summed E-state index contributed by atoms with van der Waals surface area (Å²) in [5.41, 5.74) is 12.2. The molecule has 1 heterocycles. The Bertz CT molecular complexity index is 2880. The smallest absolute Gasteiger partial charge is 0.137 e. The van der Waals surface area contributed by atoms with Gasteiger partial charge in [-0.25, -0.2) is 0 Å². The summed E-state index contributed by atoms with van der Waals surface area (Å²) in [5.74, 6) is 0. The fourth-order valence-electron chi connectivity index (χ4n) is 7.61. The summed E-state index contributed by atoms with van der Waals surface area (Å²) < 4.78 is 6.35. The molecule has 0 fully saturated rings. The number of hydrogen-bond donors (Lipinski definition) is 0. The maximum absolute atomic E-state index is 6.35. The molecule has 0 aliphatic heterocycles. The van der Waals surface area contributed by atoms with Gasteiger partial charge in [-0.15, -0.1) is 0 Å². The lowest BCUT2D eigenvalue weighted by atomic mass is 9.97. The molecule has 1 aromatic heterocycles. The lowest BCUT2D eigenvalue weighted by molar-refractivity contribution is 0.669. The van der Waals surface area contributed by atoms with E-state index in [0.717, 1.165) is 39.0 Å². The van der Waals surface area contributed by atoms with Gasteiger partial charge in [-0.3, -0.25) is 0 Å². The topological polar surface area (TPSA) is 16.4 Å². The van der Waals surface area contributed by atoms with Gasteiger partial charge in [-0.2, -0.15) is 0 Å². The standard InChI is InChI=1S/C50H33NO/c1-2-9-34(10-3-1)39-19-17-36-18-20-40(32-41(36)31-39)35-21-25-42(26-22-35)51(44-29-30-48-47-14-6-7-16-49(47)52-50(48)33-44)43-27-23-38(24-28-43)46-15-8-12-37-11-4-5-13-45(37)46/h1-33H. The van der Waals surface area contributed by atoms with Gasteiger partial charge in [0, 0.05) is 33.9 Å². The van der Waals surface area contributed by atoms with E-state index < -0.39 is 0 Å². The van der Waals surface area contributed by atoms with Crippen LogP contribution in [-0.2, 0) is 0 Å². The Morgan fingerprint density at radius 3 is 1.60 bits per heavy atom. The first kappa shape index (κ1) is 30.0. The molecule has 0 N–H and O–H groups in total. The second kappa shape index (κ2) is 12.5. The Morgan fingerprint density at radius 2 is 0.846 bits per heavy atom. The highest BCUT2D eigenvalue weighted by Crippen LogP contribution is 2.40. The lowest BCUT2D eigenvalue weighted by Crippen LogP contribution is -2.09. The Morgan fingerprint density at radius 1 is 0.288 bits per heavy atom. The summed E-state index contributed by atoms with van der Waals surface area (Å²) in [5, 5.41) is 7.21. The van der Waals surface area contributed by atoms with E-state index in [9.17, 15) is 0 Å². The van der Waals surface area contributed by atoms with Crippen molar-refractivity contribution >= 4 is 60.5 Å². The molecule has 244 valence electrons. The van der Waals surface area contributed by atoms with Gasteiger partial charge in [-0.05, 0) is 110 Å². The monoisotopic (exact) mass is 663 g/mol. The average Bonchev–Trinajstić information content (AvgIpc) is 3.59. The van der Waals surface area contributed by atoms with E-state index in [1.807, 2.05) is 12.1 Å². The van der Waals surface area contributed by atoms with Crippen molar-refractivity contribution in [2.24, 2.45) is 0 Å². The second-order valence-corrected chi connectivity index (χ2v) is 13.4. The number of benzene rings is 9. The molecule has 0 radical (unpaired) electrons. The number of furan rings is 1. The predicted octanol–water partition coefficient (Wildman–Crippen LogP) is 14.4. The number of para-hydroxylation sites is 1. The lowest BCUT2D eigenvalue weighted by Gasteiger charge is -2.26. The van der Waals surface area contributed by atoms with Crippen LogP contribution in [0.5, 0.6) is 0 Å². The molecule has 0 aliphatic carbocycles. The first-order valence-corrected chi connectivity index (χ1v) is 17.7. The minimum atomic E-state index is 0.874. The van der Waals surface area contributed by atoms with Gasteiger partial charge in [0.15, 0.2) is 0 Å². The molecular weight excluding hydrogens is 631 g/mol. The number of hydrogen-bond acceptors (Lipinski definition) is 2. The quantitative estimate of drug-likeness (QED) is 0.176. The summed E-state index contributed by atoms with van der Waals surface area (Å²) in [4.78, 5) is 2.32. The molecule has 2 nitrogen and oxygen atoms in total. The van der Waals surface area contributed by atoms with Crippen LogP contribution < -0.4 is 4.90 Å². The number of fused-ring (bicyclic) bond motifs is 5. The molecule has 10 aromatic rings. The summed E-state index contributed by atoms with van der Waals surface area (Å²) >= 11 is 0. The van der Waals surface area contributed by atoms with E-state index in [4.69, 9.17) is 4.42 Å². The van der Waals surface area contributed by atoms with Crippen molar-refractivity contribution in [1.82, 2.24) is 0 Å². The van der Waals surface area contributed by atoms with Crippen LogP contribution in [0.2, 0.25) is 0 Å². The summed E-state index contributed by atoms with van der Waals surface area (Å²) in [6.45, 7) is 0. The first-order valence-electron chi connectivity index (χ1n) is 17.7. The molecule has 0 unspecified atom stereocenters. The van der Waals surface area contributed by atoms with E-state index in [0.29, 0.717) is 0 Å². The Labute approximate surface area is 302 Å². The second-order valence-electron chi connectivity index (χ2n) is 13.4. The fraction of sp³-hybridized carbons (Fsp3) is 0. The molecule has 52 heavy (non-hydrogen) atoms. The van der Waals surface area contributed by atoms with Gasteiger partial charge in [0.25, 0.3) is 0 Å². The molecule has 0 saturated heterocycles. The van der Waals surface area contributed by atoms with Gasteiger partial charge in [-0.1, -0.05) is 140 Å². The molecule has 9 aromatic carbocycles. The van der Waals surface area contributed by atoms with Crippen molar-refractivity contribution < 1.29 is 4.42 Å². The molecule has 0 saturated carbocycles. The van der Waals surface area contributed by atoms with E-state index >= 15 is 0 Å². The predicted molar refractivity (Wildman–Crippen MR) is 220 cm³/mol. The fourth-order valence-corrected chi connectivity index (χ4v) is 7.61. The number of rotatable bonds is 6. The molecule has 0 amide bonds. The highest BCUT2D eigenvalue weighted by molar-refractivity contribution is 6.06. The molecule has 0 aliphatic rings. The third kappa shape index (κ3) is 5.30. The molecule has 2 heteroatoms. The highest BCUT2D eigenvalue weighted by atomic mass is 16.3. The average molecular weight is 664 g/mol. The van der Waals surface area contributed by atoms with Gasteiger partial charge >= 0.3 is 0 Å². The normalized spacial score (nSPS) is 11.5. The minimum Gasteiger partial charge on any atom is -0.456 e. The molecule has 0 spiro atoms. The minimum absolute atomic E-state index is 0.874. The summed E-state index contributed by atoms with van der Waals surface area (Å²) in [6, 6.07) is 71.7. The Balaban J connectivity index is 1.05. The van der Waals surface area contributed by atoms with Crippen LogP contribution in [0.3, 0.4) is 0 Å². The van der Waals surface area contributed by atoms with Crippen molar-refractivity contribution in [2.45, 2.75) is 0 Å². The van der Waals surface area contributed by atoms with Crippen LogP contribution in [-0.4, -0.2) is 0 Å². The summed E-state index contributed by atoms with van der Waals surface area (Å²) in [6.07, 6.45) is 0. The van der Waals surface area contributed by atoms with Gasteiger partial charge in [0.2, 0.25) is 0 Å². The van der Waals surface area contributed by atoms with Crippen LogP contribution in [0.25, 0.3) is 76.9 Å². The van der Waals surface area contributed by atoms with Gasteiger partial charge < -0.3 is 9.32 Å². The van der Waals surface area contributed by atoms with E-state index in [1.54, 1.807) is 0 Å². The van der Waals surface area contributed by atoms with Crippen LogP contribution in [0, 0.1) is 0 Å². The van der Waals surface area contributed by atoms with Crippen molar-refractivity contribution in [3.8, 4) is 33.4 Å². The third-order valence-corrected chi connectivity index (χ3v) is 10.3. The molecule has 0 bridgehead atoms. The van der Waals surface area contributed by atoms with E-state index in [1.165, 1.54) is 54.9 Å². The van der Waals surface area contributed by atoms with Crippen LogP contribution in [0.1, 0.15) is 0 Å². The number of nitrogens with zero attached hydrogens (tertiary/aromatic N) is 1. The van der Waals surface area contributed by atoms with Crippen molar-refractivity contribution in [3.63, 3.8) is 0 Å². The first-order chi connectivity index (χ1) is 25.7. The summed E-state index contributed by atoms with van der Waals surface area (Å²) in [7, 11) is 0.